The first-order valence-corrected chi connectivity index (χ1v) is 6.77. The predicted molar refractivity (Wildman–Crippen MR) is 72.0 cm³/mol. The van der Waals surface area contributed by atoms with Crippen LogP contribution in [-0.4, -0.2) is 30.5 Å². The lowest BCUT2D eigenvalue weighted by molar-refractivity contribution is 0.249. The quantitative estimate of drug-likeness (QED) is 0.571. The topological polar surface area (TPSA) is 61.4 Å². The summed E-state index contributed by atoms with van der Waals surface area (Å²) >= 11 is 7.40. The second kappa shape index (κ2) is 7.42. The van der Waals surface area contributed by atoms with Crippen molar-refractivity contribution in [3.63, 3.8) is 0 Å². The van der Waals surface area contributed by atoms with Crippen molar-refractivity contribution in [2.75, 3.05) is 24.7 Å². The van der Waals surface area contributed by atoms with Crippen LogP contribution >= 0.6 is 23.4 Å². The molecule has 2 amide bonds. The zero-order chi connectivity index (χ0) is 12.7. The minimum absolute atomic E-state index is 0.0630. The van der Waals surface area contributed by atoms with Crippen molar-refractivity contribution in [3.05, 3.63) is 23.2 Å². The molecule has 0 bridgehead atoms. The molecule has 0 aromatic heterocycles. The van der Waals surface area contributed by atoms with Gasteiger partial charge in [0.15, 0.2) is 0 Å². The molecule has 17 heavy (non-hydrogen) atoms. The molecule has 94 valence electrons. The van der Waals surface area contributed by atoms with Gasteiger partial charge in [-0.25, -0.2) is 4.79 Å². The SMILES string of the molecule is CSc1ccc(Cl)cc1NC(=O)NCCCO. The van der Waals surface area contributed by atoms with Gasteiger partial charge in [-0.05, 0) is 30.9 Å². The molecule has 1 aromatic rings. The average Bonchev–Trinajstić information content (AvgIpc) is 2.29. The largest absolute Gasteiger partial charge is 0.396 e. The Labute approximate surface area is 110 Å². The molecular formula is C11H15ClN2O2S. The van der Waals surface area contributed by atoms with Gasteiger partial charge in [-0.2, -0.15) is 0 Å². The number of anilines is 1. The Kier molecular flexibility index (Phi) is 6.18. The molecule has 6 heteroatoms. The fourth-order valence-corrected chi connectivity index (χ4v) is 1.93. The van der Waals surface area contributed by atoms with E-state index in [9.17, 15) is 4.79 Å². The van der Waals surface area contributed by atoms with Crippen molar-refractivity contribution in [3.8, 4) is 0 Å². The van der Waals surface area contributed by atoms with Gasteiger partial charge < -0.3 is 15.7 Å². The number of carbonyl (C=O) groups is 1. The van der Waals surface area contributed by atoms with Gasteiger partial charge in [-0.1, -0.05) is 11.6 Å². The molecule has 0 atom stereocenters. The maximum Gasteiger partial charge on any atom is 0.319 e. The zero-order valence-corrected chi connectivity index (χ0v) is 11.1. The highest BCUT2D eigenvalue weighted by atomic mass is 35.5. The van der Waals surface area contributed by atoms with E-state index >= 15 is 0 Å². The molecule has 0 spiro atoms. The molecule has 0 saturated carbocycles. The molecule has 0 aliphatic heterocycles. The van der Waals surface area contributed by atoms with Crippen molar-refractivity contribution in [2.24, 2.45) is 0 Å². The Hall–Kier alpha value is -0.910. The van der Waals surface area contributed by atoms with Gasteiger partial charge in [0.05, 0.1) is 5.69 Å². The highest BCUT2D eigenvalue weighted by molar-refractivity contribution is 7.98. The number of hydrogen-bond donors (Lipinski definition) is 3. The molecule has 3 N–H and O–H groups in total. The van der Waals surface area contributed by atoms with Gasteiger partial charge in [0.1, 0.15) is 0 Å². The van der Waals surface area contributed by atoms with Crippen molar-refractivity contribution < 1.29 is 9.90 Å². The Morgan fingerprint density at radius 1 is 1.53 bits per heavy atom. The summed E-state index contributed by atoms with van der Waals surface area (Å²) in [4.78, 5) is 12.5. The summed E-state index contributed by atoms with van der Waals surface area (Å²) in [6.07, 6.45) is 2.47. The monoisotopic (exact) mass is 274 g/mol. The van der Waals surface area contributed by atoms with E-state index in [-0.39, 0.29) is 12.6 Å². The fraction of sp³-hybridized carbons (Fsp3) is 0.364. The number of carbonyl (C=O) groups excluding carboxylic acids is 1. The van der Waals surface area contributed by atoms with Crippen LogP contribution in [0.1, 0.15) is 6.42 Å². The average molecular weight is 275 g/mol. The first kappa shape index (κ1) is 14.2. The first-order chi connectivity index (χ1) is 8.17. The summed E-state index contributed by atoms with van der Waals surface area (Å²) in [5, 5.41) is 14.5. The second-order valence-corrected chi connectivity index (χ2v) is 4.59. The van der Waals surface area contributed by atoms with E-state index in [0.717, 1.165) is 4.90 Å². The van der Waals surface area contributed by atoms with E-state index in [2.05, 4.69) is 10.6 Å². The molecule has 0 unspecified atom stereocenters. The van der Waals surface area contributed by atoms with Gasteiger partial charge >= 0.3 is 6.03 Å². The van der Waals surface area contributed by atoms with Gasteiger partial charge in [0.25, 0.3) is 0 Å². The summed E-state index contributed by atoms with van der Waals surface area (Å²) in [5.74, 6) is 0. The minimum Gasteiger partial charge on any atom is -0.396 e. The van der Waals surface area contributed by atoms with Crippen LogP contribution < -0.4 is 10.6 Å². The van der Waals surface area contributed by atoms with Crippen LogP contribution in [0.15, 0.2) is 23.1 Å². The van der Waals surface area contributed by atoms with Gasteiger partial charge in [-0.3, -0.25) is 0 Å². The normalized spacial score (nSPS) is 10.1. The lowest BCUT2D eigenvalue weighted by atomic mass is 10.3. The molecule has 0 saturated heterocycles. The summed E-state index contributed by atoms with van der Waals surface area (Å²) < 4.78 is 0. The van der Waals surface area contributed by atoms with Crippen molar-refractivity contribution in [2.45, 2.75) is 11.3 Å². The van der Waals surface area contributed by atoms with E-state index in [0.29, 0.717) is 23.7 Å². The van der Waals surface area contributed by atoms with E-state index in [1.54, 1.807) is 12.1 Å². The summed E-state index contributed by atoms with van der Waals surface area (Å²) in [7, 11) is 0. The molecule has 1 rings (SSSR count). The molecule has 0 radical (unpaired) electrons. The highest BCUT2D eigenvalue weighted by Gasteiger charge is 2.06. The van der Waals surface area contributed by atoms with E-state index in [4.69, 9.17) is 16.7 Å². The number of aliphatic hydroxyl groups is 1. The standard InChI is InChI=1S/C11H15ClN2O2S/c1-17-10-4-3-8(12)7-9(10)14-11(16)13-5-2-6-15/h3-4,7,15H,2,5-6H2,1H3,(H2,13,14,16). The summed E-state index contributed by atoms with van der Waals surface area (Å²) in [6.45, 7) is 0.505. The van der Waals surface area contributed by atoms with E-state index < -0.39 is 0 Å². The predicted octanol–water partition coefficient (Wildman–Crippen LogP) is 2.57. The maximum absolute atomic E-state index is 11.5. The molecule has 4 nitrogen and oxygen atoms in total. The van der Waals surface area contributed by atoms with Crippen LogP contribution in [0, 0.1) is 0 Å². The molecular weight excluding hydrogens is 260 g/mol. The van der Waals surface area contributed by atoms with Crippen molar-refractivity contribution in [1.82, 2.24) is 5.32 Å². The smallest absolute Gasteiger partial charge is 0.319 e. The molecule has 0 heterocycles. The summed E-state index contributed by atoms with van der Waals surface area (Å²) in [5.41, 5.74) is 0.687. The van der Waals surface area contributed by atoms with Crippen LogP contribution in [0.25, 0.3) is 0 Å². The lowest BCUT2D eigenvalue weighted by Crippen LogP contribution is -2.30. The number of rotatable bonds is 5. The molecule has 0 aliphatic carbocycles. The number of thioether (sulfide) groups is 1. The number of aliphatic hydroxyl groups excluding tert-OH is 1. The highest BCUT2D eigenvalue weighted by Crippen LogP contribution is 2.28. The molecule has 0 fully saturated rings. The zero-order valence-electron chi connectivity index (χ0n) is 9.50. The Morgan fingerprint density at radius 2 is 2.29 bits per heavy atom. The van der Waals surface area contributed by atoms with E-state index in [1.165, 1.54) is 11.8 Å². The van der Waals surface area contributed by atoms with Crippen molar-refractivity contribution >= 4 is 35.1 Å². The number of hydrogen-bond acceptors (Lipinski definition) is 3. The van der Waals surface area contributed by atoms with Crippen LogP contribution in [0.2, 0.25) is 5.02 Å². The number of amides is 2. The van der Waals surface area contributed by atoms with Crippen LogP contribution in [0.4, 0.5) is 10.5 Å². The lowest BCUT2D eigenvalue weighted by Gasteiger charge is -2.10. The molecule has 0 aliphatic rings. The van der Waals surface area contributed by atoms with Crippen LogP contribution in [0.5, 0.6) is 0 Å². The fourth-order valence-electron chi connectivity index (χ4n) is 1.23. The summed E-state index contributed by atoms with van der Waals surface area (Å²) in [6, 6.07) is 5.05. The third kappa shape index (κ3) is 4.85. The first-order valence-electron chi connectivity index (χ1n) is 5.16. The minimum atomic E-state index is -0.295. The Balaban J connectivity index is 2.60. The van der Waals surface area contributed by atoms with Crippen LogP contribution in [-0.2, 0) is 0 Å². The Bertz CT molecular complexity index is 388. The number of urea groups is 1. The number of halogens is 1. The van der Waals surface area contributed by atoms with Gasteiger partial charge in [-0.15, -0.1) is 11.8 Å². The molecule has 1 aromatic carbocycles. The second-order valence-electron chi connectivity index (χ2n) is 3.30. The number of nitrogens with one attached hydrogen (secondary N) is 2. The van der Waals surface area contributed by atoms with E-state index in [1.807, 2.05) is 12.3 Å². The third-order valence-corrected chi connectivity index (χ3v) is 3.06. The van der Waals surface area contributed by atoms with Gasteiger partial charge in [0, 0.05) is 23.1 Å². The third-order valence-electron chi connectivity index (χ3n) is 2.03. The van der Waals surface area contributed by atoms with Gasteiger partial charge in [0.2, 0.25) is 0 Å². The van der Waals surface area contributed by atoms with Crippen molar-refractivity contribution in [1.29, 1.82) is 0 Å². The maximum atomic E-state index is 11.5. The van der Waals surface area contributed by atoms with Crippen LogP contribution in [0.3, 0.4) is 0 Å². The Morgan fingerprint density at radius 3 is 2.94 bits per heavy atom. The number of benzene rings is 1.